The van der Waals surface area contributed by atoms with E-state index in [4.69, 9.17) is 4.74 Å². The van der Waals surface area contributed by atoms with Crippen molar-refractivity contribution in [1.29, 1.82) is 0 Å². The molecule has 0 radical (unpaired) electrons. The van der Waals surface area contributed by atoms with Crippen molar-refractivity contribution in [2.45, 2.75) is 31.5 Å². The molecule has 4 aromatic carbocycles. The Morgan fingerprint density at radius 1 is 1.00 bits per heavy atom. The minimum atomic E-state index is -0.591. The molecular formula is C35H35BrN2O2. The van der Waals surface area contributed by atoms with Crippen molar-refractivity contribution in [2.24, 2.45) is 11.8 Å². The standard InChI is InChI=1S/C35H35N2O2.BrH/c1-3-23-21-37(22-28-10-6-9-27-17-24-7-4-5-8-25(24)18-31(27)28)16-14-26(23)19-34(37)35(38)30-13-15-36-33-12-11-29(39-2)20-32(30)33;/h3-13,15,17-18,20,23,26,34-35,38H,1,14,16,19,21-22H2,2H3;1H/q+1;/p-1/t23-,26-,34-,35+,37?;/m0./s1. The molecule has 5 heteroatoms. The monoisotopic (exact) mass is 594 g/mol. The molecule has 3 saturated heterocycles. The van der Waals surface area contributed by atoms with Crippen molar-refractivity contribution >= 4 is 32.4 Å². The molecule has 4 nitrogen and oxygen atoms in total. The number of aliphatic hydroxyl groups excluding tert-OH is 1. The third kappa shape index (κ3) is 4.41. The summed E-state index contributed by atoms with van der Waals surface area (Å²) >= 11 is 0. The number of aliphatic hydroxyl groups is 1. The molecular weight excluding hydrogens is 560 g/mol. The fourth-order valence-corrected chi connectivity index (χ4v) is 7.63. The summed E-state index contributed by atoms with van der Waals surface area (Å²) in [6.07, 6.45) is 5.59. The molecule has 3 fully saturated rings. The van der Waals surface area contributed by atoms with E-state index in [-0.39, 0.29) is 23.0 Å². The third-order valence-electron chi connectivity index (χ3n) is 9.66. The molecule has 1 unspecified atom stereocenters. The van der Waals surface area contributed by atoms with Gasteiger partial charge in [0.15, 0.2) is 0 Å². The van der Waals surface area contributed by atoms with Gasteiger partial charge in [-0.2, -0.15) is 0 Å². The second kappa shape index (κ2) is 10.6. The fourth-order valence-electron chi connectivity index (χ4n) is 7.63. The van der Waals surface area contributed by atoms with Gasteiger partial charge in [-0.25, -0.2) is 0 Å². The van der Waals surface area contributed by atoms with Crippen molar-refractivity contribution in [3.8, 4) is 5.75 Å². The van der Waals surface area contributed by atoms with Crippen LogP contribution in [0.3, 0.4) is 0 Å². The minimum Gasteiger partial charge on any atom is -1.00 e. The summed E-state index contributed by atoms with van der Waals surface area (Å²) in [7, 11) is 1.68. The number of nitrogens with zero attached hydrogens (tertiary/aromatic N) is 2. The van der Waals surface area contributed by atoms with Crippen molar-refractivity contribution in [3.05, 3.63) is 109 Å². The van der Waals surface area contributed by atoms with Crippen LogP contribution in [0.25, 0.3) is 32.4 Å². The minimum absolute atomic E-state index is 0. The molecule has 1 N–H and O–H groups in total. The quantitative estimate of drug-likeness (QED) is 0.182. The molecule has 0 saturated carbocycles. The second-order valence-electron chi connectivity index (χ2n) is 11.6. The number of fused-ring (bicyclic) bond motifs is 6. The zero-order valence-electron chi connectivity index (χ0n) is 22.8. The number of hydrogen-bond acceptors (Lipinski definition) is 3. The Kier molecular flexibility index (Phi) is 7.16. The summed E-state index contributed by atoms with van der Waals surface area (Å²) < 4.78 is 6.41. The highest BCUT2D eigenvalue weighted by Gasteiger charge is 2.54. The Balaban J connectivity index is 0.00000289. The van der Waals surface area contributed by atoms with E-state index >= 15 is 0 Å². The summed E-state index contributed by atoms with van der Waals surface area (Å²) in [6.45, 7) is 7.22. The number of hydrogen-bond donors (Lipinski definition) is 1. The van der Waals surface area contributed by atoms with Crippen LogP contribution in [0.4, 0.5) is 0 Å². The van der Waals surface area contributed by atoms with Crippen molar-refractivity contribution in [1.82, 2.24) is 4.98 Å². The van der Waals surface area contributed by atoms with Gasteiger partial charge in [0.2, 0.25) is 0 Å². The van der Waals surface area contributed by atoms with E-state index in [1.807, 2.05) is 30.5 Å². The van der Waals surface area contributed by atoms with Crippen molar-refractivity contribution < 1.29 is 31.3 Å². The number of quaternary nitrogens is 1. The van der Waals surface area contributed by atoms with E-state index in [1.165, 1.54) is 33.5 Å². The fraction of sp³-hybridized carbons (Fsp3) is 0.286. The van der Waals surface area contributed by atoms with Gasteiger partial charge in [-0.05, 0) is 69.4 Å². The van der Waals surface area contributed by atoms with Crippen LogP contribution in [0.5, 0.6) is 5.75 Å². The molecule has 204 valence electrons. The average molecular weight is 596 g/mol. The first kappa shape index (κ1) is 26.9. The van der Waals surface area contributed by atoms with E-state index in [9.17, 15) is 5.11 Å². The molecule has 0 aliphatic carbocycles. The van der Waals surface area contributed by atoms with E-state index in [0.717, 1.165) is 52.8 Å². The SMILES string of the molecule is C=C[C@H]1C[N+]2(Cc3cccc4cc5ccccc5cc34)CC[C@H]1C[C@H]2[C@H](O)c1ccnc2ccc(OC)cc12.[Br-]. The highest BCUT2D eigenvalue weighted by atomic mass is 79.9. The normalized spacial score (nSPS) is 24.6. The smallest absolute Gasteiger partial charge is 0.131 e. The Labute approximate surface area is 246 Å². The van der Waals surface area contributed by atoms with E-state index < -0.39 is 6.10 Å². The van der Waals surface area contributed by atoms with Gasteiger partial charge in [0.05, 0.1) is 25.7 Å². The van der Waals surface area contributed by atoms with Crippen LogP contribution < -0.4 is 21.7 Å². The van der Waals surface area contributed by atoms with Crippen LogP contribution in [0.2, 0.25) is 0 Å². The first-order valence-electron chi connectivity index (χ1n) is 14.1. The number of benzene rings is 4. The van der Waals surface area contributed by atoms with Crippen LogP contribution in [0.15, 0.2) is 97.7 Å². The van der Waals surface area contributed by atoms with Gasteiger partial charge in [-0.3, -0.25) is 4.98 Å². The summed E-state index contributed by atoms with van der Waals surface area (Å²) in [5, 5.41) is 18.3. The van der Waals surface area contributed by atoms with Gasteiger partial charge in [0.25, 0.3) is 0 Å². The van der Waals surface area contributed by atoms with Gasteiger partial charge in [-0.1, -0.05) is 48.5 Å². The lowest BCUT2D eigenvalue weighted by Crippen LogP contribution is -3.00. The van der Waals surface area contributed by atoms with Crippen LogP contribution in [-0.4, -0.2) is 40.8 Å². The first-order chi connectivity index (χ1) is 19.1. The molecule has 1 aromatic heterocycles. The maximum Gasteiger partial charge on any atom is 0.131 e. The summed E-state index contributed by atoms with van der Waals surface area (Å²) in [5.74, 6) is 1.83. The predicted molar refractivity (Wildman–Crippen MR) is 159 cm³/mol. The lowest BCUT2D eigenvalue weighted by molar-refractivity contribution is -0.984. The zero-order chi connectivity index (χ0) is 26.6. The van der Waals surface area contributed by atoms with Gasteiger partial charge < -0.3 is 31.3 Å². The van der Waals surface area contributed by atoms with E-state index in [2.05, 4.69) is 72.2 Å². The largest absolute Gasteiger partial charge is 1.00 e. The highest BCUT2D eigenvalue weighted by Crippen LogP contribution is 2.48. The van der Waals surface area contributed by atoms with E-state index in [0.29, 0.717) is 11.8 Å². The Hall–Kier alpha value is -3.25. The summed E-state index contributed by atoms with van der Waals surface area (Å²) in [5.41, 5.74) is 3.20. The maximum atomic E-state index is 12.2. The Bertz CT molecular complexity index is 1720. The van der Waals surface area contributed by atoms with E-state index in [1.54, 1.807) is 7.11 Å². The van der Waals surface area contributed by atoms with Crippen LogP contribution >= 0.6 is 0 Å². The average Bonchev–Trinajstić information content (AvgIpc) is 2.99. The summed E-state index contributed by atoms with van der Waals surface area (Å²) in [6, 6.07) is 28.0. The molecule has 2 bridgehead atoms. The zero-order valence-corrected chi connectivity index (χ0v) is 24.4. The number of aromatic nitrogens is 1. The molecule has 3 aliphatic rings. The molecule has 40 heavy (non-hydrogen) atoms. The van der Waals surface area contributed by atoms with Crippen molar-refractivity contribution in [2.75, 3.05) is 20.2 Å². The van der Waals surface area contributed by atoms with Crippen LogP contribution in [0.1, 0.15) is 30.1 Å². The predicted octanol–water partition coefficient (Wildman–Crippen LogP) is 4.20. The second-order valence-corrected chi connectivity index (χ2v) is 11.6. The van der Waals surface area contributed by atoms with Crippen LogP contribution in [-0.2, 0) is 6.54 Å². The topological polar surface area (TPSA) is 42.4 Å². The van der Waals surface area contributed by atoms with Gasteiger partial charge in [-0.15, -0.1) is 6.58 Å². The molecule has 5 atom stereocenters. The molecule has 8 rings (SSSR count). The summed E-state index contributed by atoms with van der Waals surface area (Å²) in [4.78, 5) is 4.58. The number of ether oxygens (including phenoxy) is 1. The first-order valence-corrected chi connectivity index (χ1v) is 14.1. The number of piperidine rings is 3. The Morgan fingerprint density at radius 2 is 1.80 bits per heavy atom. The van der Waals surface area contributed by atoms with Crippen molar-refractivity contribution in [3.63, 3.8) is 0 Å². The molecule has 0 amide bonds. The van der Waals surface area contributed by atoms with Gasteiger partial charge in [0.1, 0.15) is 24.4 Å². The highest BCUT2D eigenvalue weighted by molar-refractivity contribution is 5.99. The van der Waals surface area contributed by atoms with Gasteiger partial charge in [0, 0.05) is 35.9 Å². The number of methoxy groups -OCH3 is 1. The molecule has 4 heterocycles. The maximum absolute atomic E-state index is 12.2. The van der Waals surface area contributed by atoms with Gasteiger partial charge >= 0.3 is 0 Å². The lowest BCUT2D eigenvalue weighted by Gasteiger charge is -2.58. The Morgan fingerprint density at radius 3 is 2.60 bits per heavy atom. The lowest BCUT2D eigenvalue weighted by atomic mass is 9.71. The number of rotatable bonds is 6. The molecule has 3 aliphatic heterocycles. The molecule has 5 aromatic rings. The number of halogens is 1. The molecule has 0 spiro atoms. The number of pyridine rings is 1. The van der Waals surface area contributed by atoms with Crippen LogP contribution in [0, 0.1) is 11.8 Å². The third-order valence-corrected chi connectivity index (χ3v) is 9.66.